The molecular formula is C10H11N. The Labute approximate surface area is 67.3 Å². The third-order valence-electron chi connectivity index (χ3n) is 1.85. The lowest BCUT2D eigenvalue weighted by Gasteiger charge is -2.05. The van der Waals surface area contributed by atoms with Gasteiger partial charge < -0.3 is 0 Å². The Kier molecular flexibility index (Phi) is 2.28. The van der Waals surface area contributed by atoms with E-state index in [0.29, 0.717) is 0 Å². The van der Waals surface area contributed by atoms with Crippen molar-refractivity contribution in [2.24, 2.45) is 0 Å². The van der Waals surface area contributed by atoms with Crippen molar-refractivity contribution >= 4 is 0 Å². The summed E-state index contributed by atoms with van der Waals surface area (Å²) in [6, 6.07) is 10.2. The summed E-state index contributed by atoms with van der Waals surface area (Å²) in [5.41, 5.74) is 2.33. The van der Waals surface area contributed by atoms with Crippen molar-refractivity contribution in [3.8, 4) is 6.07 Å². The number of nitriles is 1. The topological polar surface area (TPSA) is 23.8 Å². The molecule has 1 nitrogen and oxygen atoms in total. The Balaban J connectivity index is 3.05. The number of benzene rings is 1. The summed E-state index contributed by atoms with van der Waals surface area (Å²) in [7, 11) is 0. The molecule has 0 spiro atoms. The molecule has 0 saturated carbocycles. The summed E-state index contributed by atoms with van der Waals surface area (Å²) < 4.78 is 0. The van der Waals surface area contributed by atoms with Crippen LogP contribution in [-0.4, -0.2) is 0 Å². The molecule has 1 heteroatoms. The Bertz CT molecular complexity index is 283. The molecular weight excluding hydrogens is 134 g/mol. The number of hydrogen-bond acceptors (Lipinski definition) is 1. The SMILES string of the molecule is Cc1ccccc1[C@H](C)C#N. The Morgan fingerprint density at radius 1 is 1.36 bits per heavy atom. The lowest BCUT2D eigenvalue weighted by molar-refractivity contribution is 0.966. The van der Waals surface area contributed by atoms with Crippen molar-refractivity contribution < 1.29 is 0 Å². The standard InChI is InChI=1S/C10H11N/c1-8-5-3-4-6-10(8)9(2)7-11/h3-6,9H,1-2H3/t9-/m1/s1. The van der Waals surface area contributed by atoms with Crippen LogP contribution in [0.5, 0.6) is 0 Å². The van der Waals surface area contributed by atoms with Gasteiger partial charge in [-0.2, -0.15) is 5.26 Å². The molecule has 0 aliphatic rings. The van der Waals surface area contributed by atoms with E-state index in [1.54, 1.807) is 0 Å². The Hall–Kier alpha value is -1.29. The normalized spacial score (nSPS) is 12.1. The second-order valence-corrected chi connectivity index (χ2v) is 2.71. The largest absolute Gasteiger partial charge is 0.198 e. The van der Waals surface area contributed by atoms with Crippen molar-refractivity contribution in [2.75, 3.05) is 0 Å². The molecule has 0 bridgehead atoms. The number of hydrogen-bond donors (Lipinski definition) is 0. The van der Waals surface area contributed by atoms with E-state index in [0.717, 1.165) is 5.56 Å². The van der Waals surface area contributed by atoms with E-state index in [4.69, 9.17) is 5.26 Å². The maximum atomic E-state index is 8.66. The third-order valence-corrected chi connectivity index (χ3v) is 1.85. The average Bonchev–Trinajstić information content (AvgIpc) is 2.04. The van der Waals surface area contributed by atoms with Crippen LogP contribution >= 0.6 is 0 Å². The highest BCUT2D eigenvalue weighted by molar-refractivity contribution is 5.31. The number of aryl methyl sites for hydroxylation is 1. The predicted molar refractivity (Wildman–Crippen MR) is 45.2 cm³/mol. The highest BCUT2D eigenvalue weighted by atomic mass is 14.3. The predicted octanol–water partition coefficient (Wildman–Crippen LogP) is 2.62. The molecule has 1 rings (SSSR count). The van der Waals surface area contributed by atoms with Gasteiger partial charge in [0.1, 0.15) is 0 Å². The minimum Gasteiger partial charge on any atom is -0.198 e. The van der Waals surface area contributed by atoms with Gasteiger partial charge in [-0.05, 0) is 25.0 Å². The van der Waals surface area contributed by atoms with Gasteiger partial charge in [0, 0.05) is 0 Å². The Morgan fingerprint density at radius 3 is 2.55 bits per heavy atom. The van der Waals surface area contributed by atoms with Crippen molar-refractivity contribution in [2.45, 2.75) is 19.8 Å². The van der Waals surface area contributed by atoms with Gasteiger partial charge in [0.25, 0.3) is 0 Å². The molecule has 0 aromatic heterocycles. The quantitative estimate of drug-likeness (QED) is 0.596. The maximum absolute atomic E-state index is 8.66. The second kappa shape index (κ2) is 3.21. The Morgan fingerprint density at radius 2 is 2.00 bits per heavy atom. The van der Waals surface area contributed by atoms with E-state index in [1.807, 2.05) is 38.1 Å². The summed E-state index contributed by atoms with van der Waals surface area (Å²) in [5.74, 6) is 0.0104. The zero-order valence-corrected chi connectivity index (χ0v) is 6.83. The highest BCUT2D eigenvalue weighted by Crippen LogP contribution is 2.17. The van der Waals surface area contributed by atoms with Gasteiger partial charge in [-0.25, -0.2) is 0 Å². The molecule has 1 aromatic rings. The lowest BCUT2D eigenvalue weighted by Crippen LogP contribution is -1.91. The van der Waals surface area contributed by atoms with Gasteiger partial charge in [-0.1, -0.05) is 24.3 Å². The first-order valence-electron chi connectivity index (χ1n) is 3.71. The van der Waals surface area contributed by atoms with Gasteiger partial charge >= 0.3 is 0 Å². The van der Waals surface area contributed by atoms with Crippen LogP contribution in [0.25, 0.3) is 0 Å². The highest BCUT2D eigenvalue weighted by Gasteiger charge is 2.04. The molecule has 1 atom stereocenters. The zero-order valence-electron chi connectivity index (χ0n) is 6.83. The fourth-order valence-electron chi connectivity index (χ4n) is 1.14. The minimum atomic E-state index is 0.0104. The molecule has 0 amide bonds. The van der Waals surface area contributed by atoms with E-state index in [9.17, 15) is 0 Å². The summed E-state index contributed by atoms with van der Waals surface area (Å²) in [4.78, 5) is 0. The zero-order chi connectivity index (χ0) is 8.27. The molecule has 0 saturated heterocycles. The molecule has 0 fully saturated rings. The van der Waals surface area contributed by atoms with Crippen molar-refractivity contribution in [1.82, 2.24) is 0 Å². The van der Waals surface area contributed by atoms with Crippen LogP contribution in [0.1, 0.15) is 24.0 Å². The second-order valence-electron chi connectivity index (χ2n) is 2.71. The van der Waals surface area contributed by atoms with Gasteiger partial charge in [0.05, 0.1) is 12.0 Å². The first kappa shape index (κ1) is 7.81. The molecule has 0 aliphatic carbocycles. The summed E-state index contributed by atoms with van der Waals surface area (Å²) in [6.45, 7) is 3.95. The average molecular weight is 145 g/mol. The summed E-state index contributed by atoms with van der Waals surface area (Å²) >= 11 is 0. The van der Waals surface area contributed by atoms with E-state index in [-0.39, 0.29) is 5.92 Å². The van der Waals surface area contributed by atoms with Gasteiger partial charge in [-0.3, -0.25) is 0 Å². The third kappa shape index (κ3) is 1.59. The molecule has 0 heterocycles. The van der Waals surface area contributed by atoms with E-state index >= 15 is 0 Å². The lowest BCUT2D eigenvalue weighted by atomic mass is 9.98. The van der Waals surface area contributed by atoms with E-state index in [2.05, 4.69) is 6.07 Å². The van der Waals surface area contributed by atoms with Crippen molar-refractivity contribution in [3.63, 3.8) is 0 Å². The molecule has 0 radical (unpaired) electrons. The first-order valence-corrected chi connectivity index (χ1v) is 3.71. The van der Waals surface area contributed by atoms with Crippen LogP contribution < -0.4 is 0 Å². The van der Waals surface area contributed by atoms with Crippen molar-refractivity contribution in [3.05, 3.63) is 35.4 Å². The van der Waals surface area contributed by atoms with Crippen LogP contribution in [0.2, 0.25) is 0 Å². The number of nitrogens with zero attached hydrogens (tertiary/aromatic N) is 1. The molecule has 0 aliphatic heterocycles. The monoisotopic (exact) mass is 145 g/mol. The van der Waals surface area contributed by atoms with Gasteiger partial charge in [-0.15, -0.1) is 0 Å². The molecule has 56 valence electrons. The summed E-state index contributed by atoms with van der Waals surface area (Å²) in [6.07, 6.45) is 0. The van der Waals surface area contributed by atoms with Crippen molar-refractivity contribution in [1.29, 1.82) is 5.26 Å². The molecule has 11 heavy (non-hydrogen) atoms. The fourth-order valence-corrected chi connectivity index (χ4v) is 1.14. The molecule has 0 N–H and O–H groups in total. The van der Waals surface area contributed by atoms with Gasteiger partial charge in [0.15, 0.2) is 0 Å². The summed E-state index contributed by atoms with van der Waals surface area (Å²) in [5, 5.41) is 8.66. The van der Waals surface area contributed by atoms with E-state index < -0.39 is 0 Å². The minimum absolute atomic E-state index is 0.0104. The molecule has 0 unspecified atom stereocenters. The van der Waals surface area contributed by atoms with Crippen LogP contribution in [-0.2, 0) is 0 Å². The number of rotatable bonds is 1. The van der Waals surface area contributed by atoms with E-state index in [1.165, 1.54) is 5.56 Å². The fraction of sp³-hybridized carbons (Fsp3) is 0.300. The van der Waals surface area contributed by atoms with Crippen LogP contribution in [0.4, 0.5) is 0 Å². The maximum Gasteiger partial charge on any atom is 0.0700 e. The smallest absolute Gasteiger partial charge is 0.0700 e. The van der Waals surface area contributed by atoms with Crippen LogP contribution in [0.15, 0.2) is 24.3 Å². The molecule has 1 aromatic carbocycles. The van der Waals surface area contributed by atoms with Gasteiger partial charge in [0.2, 0.25) is 0 Å². The first-order chi connectivity index (χ1) is 5.25. The van der Waals surface area contributed by atoms with Crippen LogP contribution in [0, 0.1) is 18.3 Å². The van der Waals surface area contributed by atoms with Crippen LogP contribution in [0.3, 0.4) is 0 Å².